The molecule has 0 aromatic heterocycles. The van der Waals surface area contributed by atoms with Crippen LogP contribution in [0.5, 0.6) is 0 Å². The lowest BCUT2D eigenvalue weighted by Crippen LogP contribution is -3.04. The van der Waals surface area contributed by atoms with E-state index >= 15 is 0 Å². The Morgan fingerprint density at radius 1 is 1.00 bits per heavy atom. The number of hydrogen-bond donors (Lipinski definition) is 2. The van der Waals surface area contributed by atoms with Crippen LogP contribution < -0.4 is 10.2 Å². The van der Waals surface area contributed by atoms with E-state index in [-0.39, 0.29) is 18.0 Å². The molecule has 2 aromatic rings. The minimum Gasteiger partial charge on any atom is -0.352 e. The molecule has 0 atom stereocenters. The highest BCUT2D eigenvalue weighted by molar-refractivity contribution is 5.78. The van der Waals surface area contributed by atoms with Gasteiger partial charge in [0.2, 0.25) is 5.91 Å². The van der Waals surface area contributed by atoms with E-state index in [4.69, 9.17) is 0 Å². The summed E-state index contributed by atoms with van der Waals surface area (Å²) in [4.78, 5) is 23.5. The predicted octanol–water partition coefficient (Wildman–Crippen LogP) is 1.10. The summed E-state index contributed by atoms with van der Waals surface area (Å²) in [7, 11) is 4.21. The van der Waals surface area contributed by atoms with Gasteiger partial charge in [0.25, 0.3) is 5.69 Å². The third-order valence-electron chi connectivity index (χ3n) is 3.58. The van der Waals surface area contributed by atoms with Crippen molar-refractivity contribution in [2.24, 2.45) is 0 Å². The molecule has 0 spiro atoms. The highest BCUT2D eigenvalue weighted by atomic mass is 16.6. The number of nitro groups is 1. The predicted molar refractivity (Wildman–Crippen MR) is 91.6 cm³/mol. The van der Waals surface area contributed by atoms with Crippen molar-refractivity contribution in [3.63, 3.8) is 0 Å². The van der Waals surface area contributed by atoms with E-state index in [1.54, 1.807) is 12.1 Å². The van der Waals surface area contributed by atoms with Crippen molar-refractivity contribution in [2.45, 2.75) is 19.5 Å². The molecule has 0 heterocycles. The van der Waals surface area contributed by atoms with E-state index in [1.165, 1.54) is 22.6 Å². The lowest BCUT2D eigenvalue weighted by molar-refractivity contribution is -0.872. The van der Waals surface area contributed by atoms with Crippen molar-refractivity contribution < 1.29 is 14.6 Å². The molecule has 1 amide bonds. The van der Waals surface area contributed by atoms with Crippen molar-refractivity contribution in [1.82, 2.24) is 5.32 Å². The second-order valence-electron chi connectivity index (χ2n) is 6.08. The second kappa shape index (κ2) is 8.21. The summed E-state index contributed by atoms with van der Waals surface area (Å²) in [6, 6.07) is 14.2. The fourth-order valence-electron chi connectivity index (χ4n) is 2.37. The lowest BCUT2D eigenvalue weighted by Gasteiger charge is -2.09. The molecule has 0 saturated carbocycles. The van der Waals surface area contributed by atoms with E-state index in [0.717, 1.165) is 17.7 Å². The number of hydrogen-bond acceptors (Lipinski definition) is 3. The molecule has 2 rings (SSSR count). The number of benzene rings is 2. The van der Waals surface area contributed by atoms with Crippen LogP contribution in [-0.4, -0.2) is 24.9 Å². The molecule has 6 heteroatoms. The molecular formula is C18H22N3O3+. The quantitative estimate of drug-likeness (QED) is 0.590. The normalized spacial score (nSPS) is 10.6. The Kier molecular flexibility index (Phi) is 6.03. The Bertz CT molecular complexity index is 694. The SMILES string of the molecule is C[NH+](C)Cc1ccc(CNC(=O)Cc2ccc([N+](=O)[O-])cc2)cc1. The summed E-state index contributed by atoms with van der Waals surface area (Å²) in [5.41, 5.74) is 3.08. The number of nitrogens with zero attached hydrogens (tertiary/aromatic N) is 1. The molecule has 0 fully saturated rings. The molecule has 6 nitrogen and oxygen atoms in total. The Balaban J connectivity index is 1.83. The Morgan fingerprint density at radius 3 is 2.08 bits per heavy atom. The second-order valence-corrected chi connectivity index (χ2v) is 6.08. The van der Waals surface area contributed by atoms with E-state index in [1.807, 2.05) is 12.1 Å². The molecule has 0 bridgehead atoms. The third kappa shape index (κ3) is 5.48. The summed E-state index contributed by atoms with van der Waals surface area (Å²) < 4.78 is 0. The summed E-state index contributed by atoms with van der Waals surface area (Å²) in [6.07, 6.45) is 0.208. The van der Waals surface area contributed by atoms with E-state index in [2.05, 4.69) is 31.5 Å². The largest absolute Gasteiger partial charge is 0.352 e. The van der Waals surface area contributed by atoms with Crippen LogP contribution in [0.15, 0.2) is 48.5 Å². The average Bonchev–Trinajstić information content (AvgIpc) is 2.54. The van der Waals surface area contributed by atoms with Gasteiger partial charge in [-0.1, -0.05) is 36.4 Å². The topological polar surface area (TPSA) is 76.7 Å². The van der Waals surface area contributed by atoms with Crippen LogP contribution in [-0.2, 0) is 24.3 Å². The molecule has 0 radical (unpaired) electrons. The van der Waals surface area contributed by atoms with Gasteiger partial charge in [-0.3, -0.25) is 14.9 Å². The zero-order valence-corrected chi connectivity index (χ0v) is 13.9. The van der Waals surface area contributed by atoms with Gasteiger partial charge in [-0.05, 0) is 11.1 Å². The molecule has 0 aliphatic carbocycles. The van der Waals surface area contributed by atoms with Gasteiger partial charge in [0.05, 0.1) is 25.4 Å². The van der Waals surface area contributed by atoms with E-state index in [9.17, 15) is 14.9 Å². The van der Waals surface area contributed by atoms with Gasteiger partial charge >= 0.3 is 0 Å². The molecule has 126 valence electrons. The Morgan fingerprint density at radius 2 is 1.54 bits per heavy atom. The zero-order chi connectivity index (χ0) is 17.5. The molecular weight excluding hydrogens is 306 g/mol. The number of rotatable bonds is 7. The number of quaternary nitrogens is 1. The first-order chi connectivity index (χ1) is 11.4. The van der Waals surface area contributed by atoms with Crippen molar-refractivity contribution in [3.05, 3.63) is 75.3 Å². The van der Waals surface area contributed by atoms with E-state index in [0.29, 0.717) is 6.54 Å². The van der Waals surface area contributed by atoms with Crippen LogP contribution in [0.3, 0.4) is 0 Å². The van der Waals surface area contributed by atoms with Crippen LogP contribution in [0.4, 0.5) is 5.69 Å². The van der Waals surface area contributed by atoms with Crippen molar-refractivity contribution >= 4 is 11.6 Å². The number of nitro benzene ring substituents is 1. The molecule has 0 aliphatic heterocycles. The number of carbonyl (C=O) groups excluding carboxylic acids is 1. The fourth-order valence-corrected chi connectivity index (χ4v) is 2.37. The van der Waals surface area contributed by atoms with Crippen LogP contribution in [0.2, 0.25) is 0 Å². The minimum atomic E-state index is -0.453. The number of non-ortho nitro benzene ring substituents is 1. The van der Waals surface area contributed by atoms with Crippen LogP contribution in [0, 0.1) is 10.1 Å². The number of carbonyl (C=O) groups is 1. The maximum atomic E-state index is 12.0. The standard InChI is InChI=1S/C18H21N3O3/c1-20(2)13-16-5-3-15(4-6-16)12-19-18(22)11-14-7-9-17(10-8-14)21(23)24/h3-10H,11-13H2,1-2H3,(H,19,22)/p+1. The van der Waals surface area contributed by atoms with Gasteiger partial charge in [-0.15, -0.1) is 0 Å². The van der Waals surface area contributed by atoms with Crippen LogP contribution >= 0.6 is 0 Å². The summed E-state index contributed by atoms with van der Waals surface area (Å²) >= 11 is 0. The van der Waals surface area contributed by atoms with Gasteiger partial charge in [-0.25, -0.2) is 0 Å². The lowest BCUT2D eigenvalue weighted by atomic mass is 10.1. The first-order valence-electron chi connectivity index (χ1n) is 7.81. The third-order valence-corrected chi connectivity index (χ3v) is 3.58. The van der Waals surface area contributed by atoms with E-state index < -0.39 is 4.92 Å². The van der Waals surface area contributed by atoms with Crippen molar-refractivity contribution in [1.29, 1.82) is 0 Å². The first kappa shape index (κ1) is 17.6. The zero-order valence-electron chi connectivity index (χ0n) is 13.9. The molecule has 0 saturated heterocycles. The van der Waals surface area contributed by atoms with Crippen molar-refractivity contribution in [2.75, 3.05) is 14.1 Å². The smallest absolute Gasteiger partial charge is 0.269 e. The summed E-state index contributed by atoms with van der Waals surface area (Å²) in [5.74, 6) is -0.106. The maximum absolute atomic E-state index is 12.0. The summed E-state index contributed by atoms with van der Waals surface area (Å²) in [5, 5.41) is 13.5. The fraction of sp³-hybridized carbons (Fsp3) is 0.278. The van der Waals surface area contributed by atoms with Crippen molar-refractivity contribution in [3.8, 4) is 0 Å². The maximum Gasteiger partial charge on any atom is 0.269 e. The monoisotopic (exact) mass is 328 g/mol. The molecule has 24 heavy (non-hydrogen) atoms. The van der Waals surface area contributed by atoms with Gasteiger partial charge < -0.3 is 10.2 Å². The molecule has 0 unspecified atom stereocenters. The Hall–Kier alpha value is -2.73. The average molecular weight is 328 g/mol. The molecule has 2 N–H and O–H groups in total. The van der Waals surface area contributed by atoms with Crippen LogP contribution in [0.1, 0.15) is 16.7 Å². The molecule has 2 aromatic carbocycles. The minimum absolute atomic E-state index is 0.0267. The van der Waals surface area contributed by atoms with Crippen LogP contribution in [0.25, 0.3) is 0 Å². The van der Waals surface area contributed by atoms with Gasteiger partial charge in [-0.2, -0.15) is 0 Å². The summed E-state index contributed by atoms with van der Waals surface area (Å²) in [6.45, 7) is 1.44. The number of amides is 1. The molecule has 0 aliphatic rings. The highest BCUT2D eigenvalue weighted by Crippen LogP contribution is 2.12. The van der Waals surface area contributed by atoms with Gasteiger partial charge in [0, 0.05) is 24.2 Å². The van der Waals surface area contributed by atoms with Gasteiger partial charge in [0.1, 0.15) is 6.54 Å². The highest BCUT2D eigenvalue weighted by Gasteiger charge is 2.07. The van der Waals surface area contributed by atoms with Gasteiger partial charge in [0.15, 0.2) is 0 Å². The first-order valence-corrected chi connectivity index (χ1v) is 7.81. The number of nitrogens with one attached hydrogen (secondary N) is 2. The Labute approximate surface area is 141 Å².